The van der Waals surface area contributed by atoms with E-state index in [9.17, 15) is 9.18 Å². The number of nitrogens with zero attached hydrogens (tertiary/aromatic N) is 3. The summed E-state index contributed by atoms with van der Waals surface area (Å²) in [5.41, 5.74) is 5.18. The Labute approximate surface area is 181 Å². The molecular weight excluding hydrogens is 419 g/mol. The number of furan rings is 1. The number of nitrogens with one attached hydrogen (secondary N) is 1. The zero-order valence-corrected chi connectivity index (χ0v) is 17.4. The molecule has 1 amide bonds. The Balaban J connectivity index is 1.24. The van der Waals surface area contributed by atoms with Crippen LogP contribution in [0.3, 0.4) is 0 Å². The summed E-state index contributed by atoms with van der Waals surface area (Å²) in [7, 11) is 1.92. The molecule has 0 aliphatic carbocycles. The zero-order chi connectivity index (χ0) is 21.6. The highest BCUT2D eigenvalue weighted by molar-refractivity contribution is 7.99. The van der Waals surface area contributed by atoms with Crippen molar-refractivity contribution in [3.63, 3.8) is 0 Å². The van der Waals surface area contributed by atoms with E-state index in [0.29, 0.717) is 11.7 Å². The van der Waals surface area contributed by atoms with Crippen molar-refractivity contribution < 1.29 is 18.3 Å². The van der Waals surface area contributed by atoms with Gasteiger partial charge in [-0.25, -0.2) is 14.8 Å². The first-order chi connectivity index (χ1) is 15.1. The van der Waals surface area contributed by atoms with Crippen molar-refractivity contribution in [2.24, 2.45) is 12.1 Å². The predicted molar refractivity (Wildman–Crippen MR) is 117 cm³/mol. The molecule has 0 unspecified atom stereocenters. The van der Waals surface area contributed by atoms with Crippen LogP contribution in [-0.4, -0.2) is 27.4 Å². The average Bonchev–Trinajstić information content (AvgIpc) is 3.36. The number of imidazole rings is 1. The number of aromatic nitrogens is 2. The molecule has 1 N–H and O–H groups in total. The van der Waals surface area contributed by atoms with Crippen LogP contribution in [0.15, 0.2) is 75.3 Å². The van der Waals surface area contributed by atoms with Gasteiger partial charge < -0.3 is 13.7 Å². The monoisotopic (exact) mass is 438 g/mol. The van der Waals surface area contributed by atoms with Gasteiger partial charge in [-0.15, -0.1) is 0 Å². The summed E-state index contributed by atoms with van der Waals surface area (Å²) in [6.07, 6.45) is 1.39. The molecule has 2 aromatic carbocycles. The van der Waals surface area contributed by atoms with E-state index in [1.807, 2.05) is 35.9 Å². The van der Waals surface area contributed by atoms with Gasteiger partial charge in [0.1, 0.15) is 12.4 Å². The number of hydrogen-bond acceptors (Lipinski definition) is 6. The molecule has 7 nitrogen and oxygen atoms in total. The van der Waals surface area contributed by atoms with E-state index in [0.717, 1.165) is 21.8 Å². The SMILES string of the molecule is Cn1c(SCC(=O)N/N=C/c2ccc(OCc3ccc(F)cc3)o2)nc2ccccc21. The van der Waals surface area contributed by atoms with E-state index in [2.05, 4.69) is 15.5 Å². The average molecular weight is 438 g/mol. The fraction of sp³-hybridized carbons (Fsp3) is 0.136. The van der Waals surface area contributed by atoms with Gasteiger partial charge in [0, 0.05) is 13.1 Å². The first-order valence-corrected chi connectivity index (χ1v) is 10.4. The molecule has 158 valence electrons. The van der Waals surface area contributed by atoms with E-state index in [4.69, 9.17) is 9.15 Å². The van der Waals surface area contributed by atoms with E-state index in [-0.39, 0.29) is 24.1 Å². The van der Waals surface area contributed by atoms with E-state index < -0.39 is 0 Å². The molecular formula is C22H19FN4O3S. The van der Waals surface area contributed by atoms with Crippen molar-refractivity contribution in [2.75, 3.05) is 5.75 Å². The second-order valence-corrected chi connectivity index (χ2v) is 7.54. The summed E-state index contributed by atoms with van der Waals surface area (Å²) in [4.78, 5) is 16.6. The number of amides is 1. The largest absolute Gasteiger partial charge is 0.460 e. The Bertz CT molecular complexity index is 1220. The van der Waals surface area contributed by atoms with Crippen LogP contribution in [0.5, 0.6) is 5.95 Å². The van der Waals surface area contributed by atoms with Crippen LogP contribution in [0.25, 0.3) is 11.0 Å². The van der Waals surface area contributed by atoms with Gasteiger partial charge in [0.15, 0.2) is 10.9 Å². The molecule has 0 bridgehead atoms. The third-order valence-corrected chi connectivity index (χ3v) is 5.39. The van der Waals surface area contributed by atoms with Crippen molar-refractivity contribution >= 4 is 34.9 Å². The summed E-state index contributed by atoms with van der Waals surface area (Å²) < 4.78 is 25.9. The maximum atomic E-state index is 12.9. The van der Waals surface area contributed by atoms with Crippen LogP contribution in [0, 0.1) is 5.82 Å². The zero-order valence-electron chi connectivity index (χ0n) is 16.6. The second-order valence-electron chi connectivity index (χ2n) is 6.60. The van der Waals surface area contributed by atoms with Gasteiger partial charge >= 0.3 is 0 Å². The van der Waals surface area contributed by atoms with E-state index in [1.54, 1.807) is 24.3 Å². The van der Waals surface area contributed by atoms with Crippen molar-refractivity contribution in [2.45, 2.75) is 11.8 Å². The number of rotatable bonds is 8. The molecule has 0 fully saturated rings. The van der Waals surface area contributed by atoms with Gasteiger partial charge in [-0.05, 0) is 35.9 Å². The first-order valence-electron chi connectivity index (χ1n) is 9.42. The number of ether oxygens (including phenoxy) is 1. The topological polar surface area (TPSA) is 81.7 Å². The number of carbonyl (C=O) groups is 1. The molecule has 4 rings (SSSR count). The fourth-order valence-corrected chi connectivity index (χ4v) is 3.58. The summed E-state index contributed by atoms with van der Waals surface area (Å²) in [5.74, 6) is 0.354. The smallest absolute Gasteiger partial charge is 0.285 e. The number of benzene rings is 2. The lowest BCUT2D eigenvalue weighted by Crippen LogP contribution is -2.19. The summed E-state index contributed by atoms with van der Waals surface area (Å²) >= 11 is 1.34. The number of fused-ring (bicyclic) bond motifs is 1. The fourth-order valence-electron chi connectivity index (χ4n) is 2.80. The van der Waals surface area contributed by atoms with Crippen molar-refractivity contribution in [1.29, 1.82) is 0 Å². The molecule has 0 aliphatic rings. The molecule has 4 aromatic rings. The minimum atomic E-state index is -0.297. The van der Waals surface area contributed by atoms with Gasteiger partial charge in [-0.1, -0.05) is 36.0 Å². The lowest BCUT2D eigenvalue weighted by Gasteiger charge is -2.02. The van der Waals surface area contributed by atoms with Gasteiger partial charge in [0.2, 0.25) is 0 Å². The van der Waals surface area contributed by atoms with Crippen molar-refractivity contribution in [3.05, 3.63) is 77.8 Å². The molecule has 0 saturated carbocycles. The van der Waals surface area contributed by atoms with Gasteiger partial charge in [-0.2, -0.15) is 5.10 Å². The van der Waals surface area contributed by atoms with Crippen LogP contribution in [-0.2, 0) is 18.4 Å². The molecule has 31 heavy (non-hydrogen) atoms. The Morgan fingerprint density at radius 2 is 2.03 bits per heavy atom. The Hall–Kier alpha value is -3.59. The van der Waals surface area contributed by atoms with Crippen LogP contribution in [0.1, 0.15) is 11.3 Å². The molecule has 2 heterocycles. The quantitative estimate of drug-likeness (QED) is 0.254. The second kappa shape index (κ2) is 9.48. The number of aryl methyl sites for hydroxylation is 1. The summed E-state index contributed by atoms with van der Waals surface area (Å²) in [6.45, 7) is 0.251. The van der Waals surface area contributed by atoms with E-state index >= 15 is 0 Å². The minimum Gasteiger partial charge on any atom is -0.460 e. The van der Waals surface area contributed by atoms with Gasteiger partial charge in [0.25, 0.3) is 11.9 Å². The molecule has 2 aromatic heterocycles. The highest BCUT2D eigenvalue weighted by atomic mass is 32.2. The normalized spacial score (nSPS) is 11.3. The van der Waals surface area contributed by atoms with Crippen molar-refractivity contribution in [3.8, 4) is 5.95 Å². The Kier molecular flexibility index (Phi) is 6.32. The number of hydrazone groups is 1. The maximum absolute atomic E-state index is 12.9. The molecule has 0 saturated heterocycles. The Morgan fingerprint density at radius 1 is 1.23 bits per heavy atom. The number of halogens is 1. The van der Waals surface area contributed by atoms with Gasteiger partial charge in [0.05, 0.1) is 23.0 Å². The van der Waals surface area contributed by atoms with Gasteiger partial charge in [-0.3, -0.25) is 4.79 Å². The number of thioether (sulfide) groups is 1. The van der Waals surface area contributed by atoms with Crippen LogP contribution >= 0.6 is 11.8 Å². The number of hydrogen-bond donors (Lipinski definition) is 1. The molecule has 0 aliphatic heterocycles. The summed E-state index contributed by atoms with van der Waals surface area (Å²) in [5, 5.41) is 4.66. The Morgan fingerprint density at radius 3 is 2.84 bits per heavy atom. The van der Waals surface area contributed by atoms with Crippen molar-refractivity contribution in [1.82, 2.24) is 15.0 Å². The molecule has 0 atom stereocenters. The van der Waals surface area contributed by atoms with Crippen LogP contribution < -0.4 is 10.2 Å². The van der Waals surface area contributed by atoms with Crippen LogP contribution in [0.2, 0.25) is 0 Å². The standard InChI is InChI=1S/C22H19FN4O3S/c1-27-19-5-3-2-4-18(19)25-22(27)31-14-20(28)26-24-12-17-10-11-21(30-17)29-13-15-6-8-16(23)9-7-15/h2-12H,13-14H2,1H3,(H,26,28)/b24-12+. The lowest BCUT2D eigenvalue weighted by atomic mass is 10.2. The first kappa shape index (κ1) is 20.7. The summed E-state index contributed by atoms with van der Waals surface area (Å²) in [6, 6.07) is 17.1. The molecule has 0 radical (unpaired) electrons. The third-order valence-electron chi connectivity index (χ3n) is 4.36. The molecule has 0 spiro atoms. The molecule has 9 heteroatoms. The highest BCUT2D eigenvalue weighted by Crippen LogP contribution is 2.22. The maximum Gasteiger partial charge on any atom is 0.285 e. The number of para-hydroxylation sites is 2. The van der Waals surface area contributed by atoms with Crippen LogP contribution in [0.4, 0.5) is 4.39 Å². The highest BCUT2D eigenvalue weighted by Gasteiger charge is 2.10. The third kappa shape index (κ3) is 5.32. The predicted octanol–water partition coefficient (Wildman–Crippen LogP) is 4.13. The number of carbonyl (C=O) groups excluding carboxylic acids is 1. The van der Waals surface area contributed by atoms with E-state index in [1.165, 1.54) is 30.1 Å². The lowest BCUT2D eigenvalue weighted by molar-refractivity contribution is -0.118. The minimum absolute atomic E-state index is 0.179.